The van der Waals surface area contributed by atoms with Crippen molar-refractivity contribution in [1.82, 2.24) is 10.2 Å². The summed E-state index contributed by atoms with van der Waals surface area (Å²) in [6, 6.07) is -1.55. The van der Waals surface area contributed by atoms with Gasteiger partial charge in [-0.05, 0) is 12.3 Å². The van der Waals surface area contributed by atoms with Gasteiger partial charge >= 0.3 is 12.0 Å². The van der Waals surface area contributed by atoms with Gasteiger partial charge in [0.1, 0.15) is 15.9 Å². The lowest BCUT2D eigenvalue weighted by Crippen LogP contribution is -2.48. The number of sulfone groups is 1. The molecule has 0 bridgehead atoms. The molecule has 0 spiro atoms. The van der Waals surface area contributed by atoms with Gasteiger partial charge in [-0.25, -0.2) is 18.0 Å². The highest BCUT2D eigenvalue weighted by Crippen LogP contribution is 2.05. The lowest BCUT2D eigenvalue weighted by atomic mass is 10.0. The van der Waals surface area contributed by atoms with Gasteiger partial charge in [-0.2, -0.15) is 0 Å². The van der Waals surface area contributed by atoms with Gasteiger partial charge in [-0.1, -0.05) is 13.8 Å². The second-order valence-corrected chi connectivity index (χ2v) is 7.28. The number of rotatable bonds is 7. The minimum absolute atomic E-state index is 0.0265. The fourth-order valence-corrected chi connectivity index (χ4v) is 1.96. The summed E-state index contributed by atoms with van der Waals surface area (Å²) < 4.78 is 22.0. The van der Waals surface area contributed by atoms with Crippen LogP contribution >= 0.6 is 0 Å². The van der Waals surface area contributed by atoms with E-state index in [1.165, 1.54) is 7.05 Å². The number of carbonyl (C=O) groups is 2. The molecule has 0 radical (unpaired) electrons. The van der Waals surface area contributed by atoms with Crippen molar-refractivity contribution in [1.29, 1.82) is 0 Å². The fourth-order valence-electron chi connectivity index (χ4n) is 1.36. The fraction of sp³-hybridized carbons (Fsp3) is 0.818. The summed E-state index contributed by atoms with van der Waals surface area (Å²) in [6.07, 6.45) is 1.40. The molecule has 0 saturated carbocycles. The van der Waals surface area contributed by atoms with E-state index in [0.29, 0.717) is 6.42 Å². The molecule has 0 aliphatic carbocycles. The summed E-state index contributed by atoms with van der Waals surface area (Å²) in [5.74, 6) is -1.12. The summed E-state index contributed by atoms with van der Waals surface area (Å²) >= 11 is 0. The lowest BCUT2D eigenvalue weighted by Gasteiger charge is -2.22. The number of nitrogens with one attached hydrogen (secondary N) is 1. The van der Waals surface area contributed by atoms with Crippen molar-refractivity contribution in [3.8, 4) is 0 Å². The number of carbonyl (C=O) groups excluding carboxylic acids is 1. The number of aliphatic carboxylic acids is 1. The first-order valence-corrected chi connectivity index (χ1v) is 8.01. The minimum atomic E-state index is -3.15. The average Bonchev–Trinajstić information content (AvgIpc) is 2.22. The van der Waals surface area contributed by atoms with Crippen LogP contribution in [0.25, 0.3) is 0 Å². The Hall–Kier alpha value is -1.31. The lowest BCUT2D eigenvalue weighted by molar-refractivity contribution is -0.139. The first kappa shape index (κ1) is 17.7. The van der Waals surface area contributed by atoms with Gasteiger partial charge in [-0.3, -0.25) is 0 Å². The Morgan fingerprint density at radius 2 is 1.84 bits per heavy atom. The van der Waals surface area contributed by atoms with Crippen LogP contribution in [0.3, 0.4) is 0 Å². The first-order valence-electron chi connectivity index (χ1n) is 5.95. The standard InChI is InChI=1S/C11H22N2O5S/c1-8(2)7-9(10(14)15)12-11(16)13(3)5-6-19(4,17)18/h8-9H,5-7H2,1-4H3,(H,12,16)(H,14,15)/t9-/m1/s1. The number of nitrogens with zero attached hydrogens (tertiary/aromatic N) is 1. The Morgan fingerprint density at radius 3 is 2.21 bits per heavy atom. The molecule has 2 N–H and O–H groups in total. The van der Waals surface area contributed by atoms with Crippen LogP contribution in [0.5, 0.6) is 0 Å². The quantitative estimate of drug-likeness (QED) is 0.696. The molecule has 8 heteroatoms. The van der Waals surface area contributed by atoms with Crippen LogP contribution in [0.2, 0.25) is 0 Å². The number of carboxylic acids is 1. The van der Waals surface area contributed by atoms with Crippen LogP contribution in [-0.4, -0.2) is 62.1 Å². The zero-order valence-corrected chi connectivity index (χ0v) is 12.5. The van der Waals surface area contributed by atoms with E-state index in [1.54, 1.807) is 0 Å². The number of hydrogen-bond donors (Lipinski definition) is 2. The summed E-state index contributed by atoms with van der Waals surface area (Å²) in [5.41, 5.74) is 0. The molecule has 0 saturated heterocycles. The third kappa shape index (κ3) is 8.41. The van der Waals surface area contributed by atoms with Crippen molar-refractivity contribution in [2.24, 2.45) is 5.92 Å². The van der Waals surface area contributed by atoms with Gasteiger partial charge in [0.2, 0.25) is 0 Å². The van der Waals surface area contributed by atoms with Crippen LogP contribution in [0, 0.1) is 5.92 Å². The van der Waals surface area contributed by atoms with Gasteiger partial charge in [-0.15, -0.1) is 0 Å². The van der Waals surface area contributed by atoms with E-state index in [2.05, 4.69) is 5.32 Å². The molecule has 0 aliphatic rings. The smallest absolute Gasteiger partial charge is 0.326 e. The molecule has 2 amide bonds. The average molecular weight is 294 g/mol. The van der Waals surface area contributed by atoms with E-state index in [0.717, 1.165) is 11.2 Å². The van der Waals surface area contributed by atoms with E-state index < -0.39 is 27.9 Å². The summed E-state index contributed by atoms with van der Waals surface area (Å²) in [5, 5.41) is 11.4. The maximum Gasteiger partial charge on any atom is 0.326 e. The number of hydrogen-bond acceptors (Lipinski definition) is 4. The van der Waals surface area contributed by atoms with E-state index >= 15 is 0 Å². The predicted octanol–water partition coefficient (Wildman–Crippen LogP) is 0.172. The first-order chi connectivity index (χ1) is 8.53. The molecule has 1 atom stereocenters. The Labute approximate surface area is 113 Å². The Bertz CT molecular complexity index is 419. The summed E-state index contributed by atoms with van der Waals surface area (Å²) in [4.78, 5) is 23.9. The minimum Gasteiger partial charge on any atom is -0.480 e. The largest absolute Gasteiger partial charge is 0.480 e. The molecular weight excluding hydrogens is 272 g/mol. The molecule has 0 rings (SSSR count). The second kappa shape index (κ2) is 7.32. The monoisotopic (exact) mass is 294 g/mol. The van der Waals surface area contributed by atoms with Crippen molar-refractivity contribution in [3.05, 3.63) is 0 Å². The second-order valence-electron chi connectivity index (χ2n) is 5.02. The van der Waals surface area contributed by atoms with Crippen LogP contribution in [0.4, 0.5) is 4.79 Å². The van der Waals surface area contributed by atoms with E-state index in [4.69, 9.17) is 5.11 Å². The van der Waals surface area contributed by atoms with Gasteiger partial charge < -0.3 is 15.3 Å². The third-order valence-corrected chi connectivity index (χ3v) is 3.37. The zero-order valence-electron chi connectivity index (χ0n) is 11.7. The number of carboxylic acid groups (broad SMARTS) is 1. The Kier molecular flexibility index (Phi) is 6.82. The van der Waals surface area contributed by atoms with Gasteiger partial charge in [0.25, 0.3) is 0 Å². The van der Waals surface area contributed by atoms with Crippen LogP contribution in [-0.2, 0) is 14.6 Å². The highest BCUT2D eigenvalue weighted by atomic mass is 32.2. The zero-order chi connectivity index (χ0) is 15.2. The molecule has 0 aromatic carbocycles. The Balaban J connectivity index is 4.43. The van der Waals surface area contributed by atoms with Crippen LogP contribution in [0.1, 0.15) is 20.3 Å². The maximum atomic E-state index is 11.7. The van der Waals surface area contributed by atoms with E-state index in [1.807, 2.05) is 13.8 Å². The third-order valence-electron chi connectivity index (χ3n) is 2.45. The van der Waals surface area contributed by atoms with Gasteiger partial charge in [0, 0.05) is 19.8 Å². The molecule has 0 aliphatic heterocycles. The molecule has 0 heterocycles. The van der Waals surface area contributed by atoms with Crippen molar-refractivity contribution < 1.29 is 23.1 Å². The van der Waals surface area contributed by atoms with Crippen molar-refractivity contribution in [2.75, 3.05) is 25.6 Å². The molecule has 0 aromatic heterocycles. The highest BCUT2D eigenvalue weighted by molar-refractivity contribution is 7.90. The maximum absolute atomic E-state index is 11.7. The summed E-state index contributed by atoms with van der Waals surface area (Å²) in [6.45, 7) is 3.74. The SMILES string of the molecule is CC(C)C[C@@H](NC(=O)N(C)CCS(C)(=O)=O)C(=O)O. The van der Waals surface area contributed by atoms with Crippen molar-refractivity contribution in [3.63, 3.8) is 0 Å². The predicted molar refractivity (Wildman–Crippen MR) is 71.8 cm³/mol. The van der Waals surface area contributed by atoms with Crippen molar-refractivity contribution >= 4 is 21.8 Å². The van der Waals surface area contributed by atoms with E-state index in [-0.39, 0.29) is 18.2 Å². The molecule has 7 nitrogen and oxygen atoms in total. The molecule has 19 heavy (non-hydrogen) atoms. The topological polar surface area (TPSA) is 104 Å². The summed E-state index contributed by atoms with van der Waals surface area (Å²) in [7, 11) is -1.73. The van der Waals surface area contributed by atoms with E-state index in [9.17, 15) is 18.0 Å². The Morgan fingerprint density at radius 1 is 1.32 bits per heavy atom. The molecule has 112 valence electrons. The highest BCUT2D eigenvalue weighted by Gasteiger charge is 2.22. The molecule has 0 unspecified atom stereocenters. The van der Waals surface area contributed by atoms with Crippen LogP contribution in [0.15, 0.2) is 0 Å². The van der Waals surface area contributed by atoms with Crippen molar-refractivity contribution in [2.45, 2.75) is 26.3 Å². The number of urea groups is 1. The molecular formula is C11H22N2O5S. The van der Waals surface area contributed by atoms with Gasteiger partial charge in [0.05, 0.1) is 5.75 Å². The normalized spacial score (nSPS) is 13.1. The van der Waals surface area contributed by atoms with Gasteiger partial charge in [0.15, 0.2) is 0 Å². The number of amides is 2. The molecule has 0 aromatic rings. The molecule has 0 fully saturated rings. The van der Waals surface area contributed by atoms with Crippen LogP contribution < -0.4 is 5.32 Å².